The Balaban J connectivity index is 1.76. The second-order valence-electron chi connectivity index (χ2n) is 7.27. The van der Waals surface area contributed by atoms with Crippen molar-refractivity contribution in [3.63, 3.8) is 0 Å². The van der Waals surface area contributed by atoms with Crippen LogP contribution in [-0.2, 0) is 16.8 Å². The van der Waals surface area contributed by atoms with Crippen LogP contribution in [0.15, 0.2) is 53.4 Å². The lowest BCUT2D eigenvalue weighted by Gasteiger charge is -2.20. The van der Waals surface area contributed by atoms with Gasteiger partial charge in [0.1, 0.15) is 0 Å². The predicted octanol–water partition coefficient (Wildman–Crippen LogP) is 5.87. The van der Waals surface area contributed by atoms with Crippen LogP contribution in [-0.4, -0.2) is 16.0 Å². The molecule has 26 heavy (non-hydrogen) atoms. The summed E-state index contributed by atoms with van der Waals surface area (Å²) >= 11 is 6.85. The topological polar surface area (TPSA) is 37.4 Å². The van der Waals surface area contributed by atoms with E-state index in [0.717, 1.165) is 22.9 Å². The Morgan fingerprint density at radius 3 is 2.19 bits per heavy atom. The van der Waals surface area contributed by atoms with E-state index in [1.54, 1.807) is 18.2 Å². The quantitative estimate of drug-likeness (QED) is 0.619. The van der Waals surface area contributed by atoms with E-state index in [1.165, 1.54) is 10.5 Å². The van der Waals surface area contributed by atoms with Gasteiger partial charge in [0.25, 0.3) is 11.1 Å². The Hall–Kier alpha value is -2.04. The maximum atomic E-state index is 12.6. The van der Waals surface area contributed by atoms with Crippen LogP contribution in [0, 0.1) is 0 Å². The normalized spacial score (nSPS) is 16.6. The van der Waals surface area contributed by atoms with E-state index < -0.39 is 0 Å². The molecule has 0 unspecified atom stereocenters. The fourth-order valence-electron chi connectivity index (χ4n) is 2.64. The van der Waals surface area contributed by atoms with Gasteiger partial charge < -0.3 is 0 Å². The van der Waals surface area contributed by atoms with Crippen molar-refractivity contribution in [3.8, 4) is 0 Å². The van der Waals surface area contributed by atoms with Crippen LogP contribution in [0.25, 0.3) is 6.08 Å². The highest BCUT2D eigenvalue weighted by molar-refractivity contribution is 8.18. The average molecular weight is 386 g/mol. The van der Waals surface area contributed by atoms with Gasteiger partial charge in [-0.25, -0.2) is 0 Å². The highest BCUT2D eigenvalue weighted by Gasteiger charge is 2.35. The van der Waals surface area contributed by atoms with Crippen molar-refractivity contribution in [3.05, 3.63) is 75.1 Å². The molecule has 1 aliphatic rings. The summed E-state index contributed by atoms with van der Waals surface area (Å²) in [6.45, 7) is 6.74. The molecule has 5 heteroatoms. The van der Waals surface area contributed by atoms with Gasteiger partial charge in [0.15, 0.2) is 0 Å². The standard InChI is InChI=1S/C21H20ClNO2S/c1-21(2,3)16-8-4-15(5-9-16)13-23-19(24)18(26-20(23)25)12-14-6-10-17(22)11-7-14/h4-12H,13H2,1-3H3/b18-12-. The molecule has 0 radical (unpaired) electrons. The van der Waals surface area contributed by atoms with Crippen molar-refractivity contribution in [1.82, 2.24) is 4.90 Å². The zero-order valence-electron chi connectivity index (χ0n) is 15.0. The van der Waals surface area contributed by atoms with E-state index in [2.05, 4.69) is 32.9 Å². The average Bonchev–Trinajstić information content (AvgIpc) is 2.84. The van der Waals surface area contributed by atoms with Gasteiger partial charge >= 0.3 is 0 Å². The number of amides is 2. The number of hydrogen-bond donors (Lipinski definition) is 0. The fraction of sp³-hybridized carbons (Fsp3) is 0.238. The Morgan fingerprint density at radius 1 is 1.00 bits per heavy atom. The summed E-state index contributed by atoms with van der Waals surface area (Å²) in [7, 11) is 0. The Bertz CT molecular complexity index is 864. The van der Waals surface area contributed by atoms with Gasteiger partial charge in [-0.3, -0.25) is 14.5 Å². The summed E-state index contributed by atoms with van der Waals surface area (Å²) in [5.74, 6) is -0.255. The molecular weight excluding hydrogens is 366 g/mol. The Labute approximate surface area is 163 Å². The summed E-state index contributed by atoms with van der Waals surface area (Å²) < 4.78 is 0. The number of nitrogens with zero attached hydrogens (tertiary/aromatic N) is 1. The van der Waals surface area contributed by atoms with Crippen LogP contribution in [0.2, 0.25) is 5.02 Å². The van der Waals surface area contributed by atoms with Crippen molar-refractivity contribution >= 4 is 40.6 Å². The van der Waals surface area contributed by atoms with Gasteiger partial charge in [-0.1, -0.05) is 68.8 Å². The lowest BCUT2D eigenvalue weighted by molar-refractivity contribution is -0.123. The highest BCUT2D eigenvalue weighted by atomic mass is 35.5. The number of benzene rings is 2. The number of rotatable bonds is 3. The van der Waals surface area contributed by atoms with Crippen molar-refractivity contribution < 1.29 is 9.59 Å². The smallest absolute Gasteiger partial charge is 0.268 e. The highest BCUT2D eigenvalue weighted by Crippen LogP contribution is 2.33. The van der Waals surface area contributed by atoms with Gasteiger partial charge in [0.05, 0.1) is 11.4 Å². The third kappa shape index (κ3) is 4.19. The summed E-state index contributed by atoms with van der Waals surface area (Å²) in [6.07, 6.45) is 1.73. The lowest BCUT2D eigenvalue weighted by atomic mass is 9.87. The largest absolute Gasteiger partial charge is 0.293 e. The van der Waals surface area contributed by atoms with Crippen molar-refractivity contribution in [2.24, 2.45) is 0 Å². The van der Waals surface area contributed by atoms with Crippen molar-refractivity contribution in [1.29, 1.82) is 0 Å². The molecule has 0 spiro atoms. The summed E-state index contributed by atoms with van der Waals surface area (Å²) in [5, 5.41) is 0.393. The van der Waals surface area contributed by atoms with E-state index in [-0.39, 0.29) is 23.1 Å². The molecule has 0 aliphatic carbocycles. The minimum Gasteiger partial charge on any atom is -0.268 e. The van der Waals surface area contributed by atoms with Crippen LogP contribution < -0.4 is 0 Å². The molecule has 1 heterocycles. The first-order chi connectivity index (χ1) is 12.2. The van der Waals surface area contributed by atoms with Crippen LogP contribution in [0.1, 0.15) is 37.5 Å². The molecule has 0 bridgehead atoms. The molecule has 1 saturated heterocycles. The summed E-state index contributed by atoms with van der Waals surface area (Å²) in [6, 6.07) is 15.2. The Kier molecular flexibility index (Phi) is 5.26. The first kappa shape index (κ1) is 18.7. The van der Waals surface area contributed by atoms with Crippen LogP contribution >= 0.6 is 23.4 Å². The second-order valence-corrected chi connectivity index (χ2v) is 8.70. The van der Waals surface area contributed by atoms with Gasteiger partial charge in [0, 0.05) is 5.02 Å². The van der Waals surface area contributed by atoms with Crippen molar-refractivity contribution in [2.45, 2.75) is 32.7 Å². The lowest BCUT2D eigenvalue weighted by Crippen LogP contribution is -2.27. The molecule has 1 aliphatic heterocycles. The number of thioether (sulfide) groups is 1. The molecular formula is C21H20ClNO2S. The van der Waals surface area contributed by atoms with E-state index in [9.17, 15) is 9.59 Å². The van der Waals surface area contributed by atoms with Gasteiger partial charge in [-0.05, 0) is 52.1 Å². The molecule has 0 atom stereocenters. The first-order valence-electron chi connectivity index (χ1n) is 8.34. The maximum absolute atomic E-state index is 12.6. The minimum absolute atomic E-state index is 0.0716. The maximum Gasteiger partial charge on any atom is 0.293 e. The Morgan fingerprint density at radius 2 is 1.62 bits per heavy atom. The van der Waals surface area contributed by atoms with E-state index in [0.29, 0.717) is 9.93 Å². The first-order valence-corrected chi connectivity index (χ1v) is 9.54. The van der Waals surface area contributed by atoms with E-state index in [1.807, 2.05) is 24.3 Å². The number of carbonyl (C=O) groups excluding carboxylic acids is 2. The van der Waals surface area contributed by atoms with Crippen molar-refractivity contribution in [2.75, 3.05) is 0 Å². The monoisotopic (exact) mass is 385 g/mol. The zero-order chi connectivity index (χ0) is 18.9. The second kappa shape index (κ2) is 7.29. The van der Waals surface area contributed by atoms with Gasteiger partial charge in [-0.15, -0.1) is 0 Å². The van der Waals surface area contributed by atoms with E-state index in [4.69, 9.17) is 11.6 Å². The summed E-state index contributed by atoms with van der Waals surface area (Å²) in [5.41, 5.74) is 3.07. The van der Waals surface area contributed by atoms with Gasteiger partial charge in [-0.2, -0.15) is 0 Å². The number of carbonyl (C=O) groups is 2. The predicted molar refractivity (Wildman–Crippen MR) is 108 cm³/mol. The SMILES string of the molecule is CC(C)(C)c1ccc(CN2C(=O)S/C(=C\c3ccc(Cl)cc3)C2=O)cc1. The van der Waals surface area contributed by atoms with Gasteiger partial charge in [0.2, 0.25) is 0 Å². The molecule has 2 aromatic rings. The fourth-order valence-corrected chi connectivity index (χ4v) is 3.60. The number of hydrogen-bond acceptors (Lipinski definition) is 3. The van der Waals surface area contributed by atoms with E-state index >= 15 is 0 Å². The third-order valence-electron chi connectivity index (χ3n) is 4.20. The molecule has 0 N–H and O–H groups in total. The number of halogens is 1. The van der Waals surface area contributed by atoms with Crippen LogP contribution in [0.5, 0.6) is 0 Å². The summed E-state index contributed by atoms with van der Waals surface area (Å²) in [4.78, 5) is 26.6. The minimum atomic E-state index is -0.255. The molecule has 1 fully saturated rings. The molecule has 0 aromatic heterocycles. The van der Waals surface area contributed by atoms with Crippen LogP contribution in [0.3, 0.4) is 0 Å². The molecule has 2 amide bonds. The van der Waals surface area contributed by atoms with Crippen LogP contribution in [0.4, 0.5) is 4.79 Å². The molecule has 0 saturated carbocycles. The molecule has 134 valence electrons. The molecule has 3 nitrogen and oxygen atoms in total. The molecule has 2 aromatic carbocycles. The third-order valence-corrected chi connectivity index (χ3v) is 5.36. The zero-order valence-corrected chi connectivity index (χ0v) is 16.5. The number of imide groups is 1. The molecule has 3 rings (SSSR count).